The first kappa shape index (κ1) is 13.8. The van der Waals surface area contributed by atoms with E-state index in [4.69, 9.17) is 33.7 Å². The minimum absolute atomic E-state index is 0.0347. The molecule has 0 spiro atoms. The molecule has 7 heteroatoms. The van der Waals surface area contributed by atoms with Crippen LogP contribution in [0.1, 0.15) is 22.7 Å². The van der Waals surface area contributed by atoms with Crippen molar-refractivity contribution in [1.82, 2.24) is 10.2 Å². The van der Waals surface area contributed by atoms with Gasteiger partial charge in [-0.25, -0.2) is 0 Å². The standard InChI is InChI=1S/C14H10Cl2N4O/c1-6-11-12(8-3-2-7(15)4-10(8)16)9(5-17)13(18)21-14(11)20-19-6/h2-4,12H,18H2,1H3,(H,19,20)/t12-/m1/s1. The maximum absolute atomic E-state index is 9.42. The van der Waals surface area contributed by atoms with E-state index in [-0.39, 0.29) is 5.88 Å². The highest BCUT2D eigenvalue weighted by Crippen LogP contribution is 2.44. The third-order valence-electron chi connectivity index (χ3n) is 3.40. The first-order chi connectivity index (χ1) is 10.0. The molecule has 0 amide bonds. The molecule has 0 unspecified atom stereocenters. The van der Waals surface area contributed by atoms with Crippen LogP contribution in [0.25, 0.3) is 0 Å². The number of ether oxygens (including phenoxy) is 1. The number of rotatable bonds is 1. The lowest BCUT2D eigenvalue weighted by atomic mass is 9.84. The van der Waals surface area contributed by atoms with Crippen LogP contribution in [0.3, 0.4) is 0 Å². The number of hydrogen-bond donors (Lipinski definition) is 2. The normalized spacial score (nSPS) is 17.1. The lowest BCUT2D eigenvalue weighted by molar-refractivity contribution is 0.379. The summed E-state index contributed by atoms with van der Waals surface area (Å²) in [6.07, 6.45) is 0. The number of H-pyrrole nitrogens is 1. The Bertz CT molecular complexity index is 804. The molecule has 3 rings (SSSR count). The summed E-state index contributed by atoms with van der Waals surface area (Å²) in [5.41, 5.74) is 8.41. The zero-order chi connectivity index (χ0) is 15.1. The van der Waals surface area contributed by atoms with Crippen molar-refractivity contribution in [3.05, 3.63) is 56.5 Å². The van der Waals surface area contributed by atoms with E-state index in [1.165, 1.54) is 0 Å². The summed E-state index contributed by atoms with van der Waals surface area (Å²) in [6, 6.07) is 7.23. The summed E-state index contributed by atoms with van der Waals surface area (Å²) in [7, 11) is 0. The number of nitrogens with zero attached hydrogens (tertiary/aromatic N) is 2. The molecule has 21 heavy (non-hydrogen) atoms. The molecule has 1 aliphatic rings. The lowest BCUT2D eigenvalue weighted by Crippen LogP contribution is -2.21. The second kappa shape index (κ2) is 4.99. The average Bonchev–Trinajstić information content (AvgIpc) is 2.79. The molecule has 0 bridgehead atoms. The van der Waals surface area contributed by atoms with Crippen LogP contribution in [-0.4, -0.2) is 10.2 Å². The van der Waals surface area contributed by atoms with Gasteiger partial charge in [-0.1, -0.05) is 29.3 Å². The second-order valence-corrected chi connectivity index (χ2v) is 5.50. The van der Waals surface area contributed by atoms with Gasteiger partial charge in [-0.15, -0.1) is 5.10 Å². The summed E-state index contributed by atoms with van der Waals surface area (Å²) in [5.74, 6) is -0.0326. The van der Waals surface area contributed by atoms with Crippen molar-refractivity contribution in [3.63, 3.8) is 0 Å². The molecule has 0 radical (unpaired) electrons. The number of hydrogen-bond acceptors (Lipinski definition) is 4. The van der Waals surface area contributed by atoms with E-state index < -0.39 is 5.92 Å². The number of nitrogens with one attached hydrogen (secondary N) is 1. The van der Waals surface area contributed by atoms with Gasteiger partial charge in [-0.3, -0.25) is 5.10 Å². The van der Waals surface area contributed by atoms with Crippen LogP contribution in [0.5, 0.6) is 5.88 Å². The Kier molecular flexibility index (Phi) is 3.28. The molecule has 1 atom stereocenters. The van der Waals surface area contributed by atoms with E-state index >= 15 is 0 Å². The number of halogens is 2. The Morgan fingerprint density at radius 2 is 2.19 bits per heavy atom. The molecule has 1 aliphatic heterocycles. The number of fused-ring (bicyclic) bond motifs is 1. The minimum atomic E-state index is -0.428. The second-order valence-electron chi connectivity index (χ2n) is 4.66. The number of aromatic amines is 1. The zero-order valence-electron chi connectivity index (χ0n) is 10.9. The Hall–Kier alpha value is -2.16. The topological polar surface area (TPSA) is 87.7 Å². The van der Waals surface area contributed by atoms with Gasteiger partial charge in [-0.2, -0.15) is 5.26 Å². The van der Waals surface area contributed by atoms with Crippen molar-refractivity contribution < 1.29 is 4.74 Å². The van der Waals surface area contributed by atoms with E-state index in [1.54, 1.807) is 18.2 Å². The van der Waals surface area contributed by atoms with E-state index in [9.17, 15) is 5.26 Å². The van der Waals surface area contributed by atoms with Gasteiger partial charge < -0.3 is 10.5 Å². The van der Waals surface area contributed by atoms with Crippen LogP contribution in [0.2, 0.25) is 10.0 Å². The van der Waals surface area contributed by atoms with E-state index in [1.807, 2.05) is 6.92 Å². The Morgan fingerprint density at radius 1 is 1.43 bits per heavy atom. The number of nitrogens with two attached hydrogens (primary N) is 1. The highest BCUT2D eigenvalue weighted by molar-refractivity contribution is 6.35. The smallest absolute Gasteiger partial charge is 0.244 e. The molecule has 3 N–H and O–H groups in total. The van der Waals surface area contributed by atoms with E-state index in [2.05, 4.69) is 16.3 Å². The summed E-state index contributed by atoms with van der Waals surface area (Å²) in [4.78, 5) is 0. The lowest BCUT2D eigenvalue weighted by Gasteiger charge is -2.24. The largest absolute Gasteiger partial charge is 0.420 e. The van der Waals surface area contributed by atoms with Crippen molar-refractivity contribution in [2.75, 3.05) is 0 Å². The fourth-order valence-corrected chi connectivity index (χ4v) is 2.96. The molecule has 1 aromatic carbocycles. The molecular weight excluding hydrogens is 311 g/mol. The quantitative estimate of drug-likeness (QED) is 0.844. The van der Waals surface area contributed by atoms with Crippen LogP contribution in [0, 0.1) is 18.3 Å². The Morgan fingerprint density at radius 3 is 2.86 bits per heavy atom. The van der Waals surface area contributed by atoms with Gasteiger partial charge >= 0.3 is 0 Å². The van der Waals surface area contributed by atoms with Gasteiger partial charge in [0.25, 0.3) is 0 Å². The Labute approximate surface area is 130 Å². The maximum atomic E-state index is 9.42. The molecule has 2 aromatic rings. The van der Waals surface area contributed by atoms with Gasteiger partial charge in [0.1, 0.15) is 11.6 Å². The highest BCUT2D eigenvalue weighted by Gasteiger charge is 2.35. The molecule has 106 valence electrons. The van der Waals surface area contributed by atoms with Gasteiger partial charge in [0.15, 0.2) is 0 Å². The van der Waals surface area contributed by atoms with Crippen LogP contribution >= 0.6 is 23.2 Å². The van der Waals surface area contributed by atoms with Crippen LogP contribution in [0.15, 0.2) is 29.7 Å². The molecular formula is C14H10Cl2N4O. The van der Waals surface area contributed by atoms with Crippen LogP contribution in [0.4, 0.5) is 0 Å². The zero-order valence-corrected chi connectivity index (χ0v) is 12.5. The summed E-state index contributed by atoms with van der Waals surface area (Å²) >= 11 is 12.2. The van der Waals surface area contributed by atoms with E-state index in [0.29, 0.717) is 21.5 Å². The molecule has 5 nitrogen and oxygen atoms in total. The van der Waals surface area contributed by atoms with Gasteiger partial charge in [-0.05, 0) is 24.6 Å². The SMILES string of the molecule is Cc1[nH]nc2c1[C@H](c1ccc(Cl)cc1Cl)C(C#N)=C(N)O2. The molecule has 0 aliphatic carbocycles. The minimum Gasteiger partial charge on any atom is -0.420 e. The fourth-order valence-electron chi connectivity index (χ4n) is 2.45. The monoisotopic (exact) mass is 320 g/mol. The number of nitriles is 1. The molecule has 0 saturated heterocycles. The van der Waals surface area contributed by atoms with Crippen molar-refractivity contribution in [3.8, 4) is 11.9 Å². The number of benzene rings is 1. The molecule has 2 heterocycles. The van der Waals surface area contributed by atoms with Gasteiger partial charge in [0.05, 0.1) is 5.92 Å². The third-order valence-corrected chi connectivity index (χ3v) is 3.97. The van der Waals surface area contributed by atoms with Crippen LogP contribution < -0.4 is 10.5 Å². The Balaban J connectivity index is 2.27. The highest BCUT2D eigenvalue weighted by atomic mass is 35.5. The summed E-state index contributed by atoms with van der Waals surface area (Å²) in [6.45, 7) is 1.85. The van der Waals surface area contributed by atoms with Crippen LogP contribution in [-0.2, 0) is 0 Å². The van der Waals surface area contributed by atoms with Crippen molar-refractivity contribution in [1.29, 1.82) is 5.26 Å². The third kappa shape index (κ3) is 2.13. The molecule has 0 fully saturated rings. The van der Waals surface area contributed by atoms with Crippen molar-refractivity contribution >= 4 is 23.2 Å². The summed E-state index contributed by atoms with van der Waals surface area (Å²) in [5, 5.41) is 17.3. The first-order valence-corrected chi connectivity index (χ1v) is 6.86. The maximum Gasteiger partial charge on any atom is 0.244 e. The van der Waals surface area contributed by atoms with Gasteiger partial charge in [0.2, 0.25) is 11.8 Å². The molecule has 1 aromatic heterocycles. The fraction of sp³-hybridized carbons (Fsp3) is 0.143. The number of allylic oxidation sites excluding steroid dienone is 1. The summed E-state index contributed by atoms with van der Waals surface area (Å²) < 4.78 is 5.39. The predicted octanol–water partition coefficient (Wildman–Crippen LogP) is 3.24. The van der Waals surface area contributed by atoms with Crippen molar-refractivity contribution in [2.45, 2.75) is 12.8 Å². The predicted molar refractivity (Wildman–Crippen MR) is 79.1 cm³/mol. The van der Waals surface area contributed by atoms with E-state index in [0.717, 1.165) is 16.8 Å². The number of aromatic nitrogens is 2. The van der Waals surface area contributed by atoms with Crippen molar-refractivity contribution in [2.24, 2.45) is 5.73 Å². The van der Waals surface area contributed by atoms with Gasteiger partial charge in [0, 0.05) is 21.3 Å². The number of aryl methyl sites for hydroxylation is 1. The first-order valence-electron chi connectivity index (χ1n) is 6.10. The molecule has 0 saturated carbocycles. The average molecular weight is 321 g/mol.